The van der Waals surface area contributed by atoms with Crippen molar-refractivity contribution in [2.45, 2.75) is 27.7 Å². The van der Waals surface area contributed by atoms with Crippen LogP contribution in [0.4, 0.5) is 5.95 Å². The van der Waals surface area contributed by atoms with Gasteiger partial charge in [-0.3, -0.25) is 0 Å². The minimum Gasteiger partial charge on any atom is -0.317 e. The van der Waals surface area contributed by atoms with Crippen LogP contribution in [-0.4, -0.2) is 20.7 Å². The van der Waals surface area contributed by atoms with Crippen molar-refractivity contribution in [3.8, 4) is 5.69 Å². The molecule has 5 nitrogen and oxygen atoms in total. The molecule has 0 saturated carbocycles. The van der Waals surface area contributed by atoms with Gasteiger partial charge in [-0.25, -0.2) is 15.4 Å². The lowest BCUT2D eigenvalue weighted by Crippen LogP contribution is -2.01. The summed E-state index contributed by atoms with van der Waals surface area (Å²) in [6.07, 6.45) is 1.79. The molecule has 0 aliphatic heterocycles. The Morgan fingerprint density at radius 2 is 1.58 bits per heavy atom. The largest absolute Gasteiger partial charge is 0.317 e. The van der Waals surface area contributed by atoms with Crippen molar-refractivity contribution in [2.75, 3.05) is 5.43 Å². The van der Waals surface area contributed by atoms with Gasteiger partial charge in [0, 0.05) is 43.0 Å². The molecule has 0 bridgehead atoms. The molecule has 2 aromatic heterocycles. The van der Waals surface area contributed by atoms with Gasteiger partial charge < -0.3 is 4.57 Å². The highest BCUT2D eigenvalue weighted by Crippen LogP contribution is 2.30. The molecular formula is C19H19Br2N5. The van der Waals surface area contributed by atoms with E-state index >= 15 is 0 Å². The topological polar surface area (TPSA) is 55.1 Å². The fourth-order valence-corrected chi connectivity index (χ4v) is 3.71. The highest BCUT2D eigenvalue weighted by Gasteiger charge is 2.15. The van der Waals surface area contributed by atoms with Gasteiger partial charge in [-0.15, -0.1) is 0 Å². The normalized spacial score (nSPS) is 11.3. The van der Waals surface area contributed by atoms with Crippen molar-refractivity contribution >= 4 is 44.0 Å². The molecule has 0 aliphatic rings. The van der Waals surface area contributed by atoms with Crippen molar-refractivity contribution in [3.05, 3.63) is 67.6 Å². The predicted octanol–water partition coefficient (Wildman–Crippen LogP) is 5.47. The molecule has 1 aromatic carbocycles. The highest BCUT2D eigenvalue weighted by atomic mass is 79.9. The molecule has 3 aromatic rings. The van der Waals surface area contributed by atoms with Gasteiger partial charge in [-0.2, -0.15) is 5.10 Å². The second kappa shape index (κ2) is 7.72. The average molecular weight is 477 g/mol. The van der Waals surface area contributed by atoms with Crippen molar-refractivity contribution in [1.29, 1.82) is 0 Å². The average Bonchev–Trinajstić information content (AvgIpc) is 2.78. The number of aryl methyl sites for hydroxylation is 2. The van der Waals surface area contributed by atoms with Crippen molar-refractivity contribution in [2.24, 2.45) is 5.10 Å². The molecule has 0 spiro atoms. The molecule has 26 heavy (non-hydrogen) atoms. The predicted molar refractivity (Wildman–Crippen MR) is 113 cm³/mol. The zero-order valence-electron chi connectivity index (χ0n) is 15.0. The van der Waals surface area contributed by atoms with Crippen molar-refractivity contribution < 1.29 is 0 Å². The van der Waals surface area contributed by atoms with E-state index in [1.165, 1.54) is 0 Å². The Morgan fingerprint density at radius 1 is 0.962 bits per heavy atom. The summed E-state index contributed by atoms with van der Waals surface area (Å²) >= 11 is 7.17. The Balaban J connectivity index is 1.91. The molecule has 0 radical (unpaired) electrons. The van der Waals surface area contributed by atoms with E-state index in [9.17, 15) is 0 Å². The van der Waals surface area contributed by atoms with E-state index in [0.717, 1.165) is 43.0 Å². The molecule has 3 rings (SSSR count). The fourth-order valence-electron chi connectivity index (χ4n) is 2.88. The molecule has 7 heteroatoms. The maximum atomic E-state index is 4.33. The first-order valence-electron chi connectivity index (χ1n) is 8.11. The fraction of sp³-hybridized carbons (Fsp3) is 0.211. The maximum absolute atomic E-state index is 4.33. The van der Waals surface area contributed by atoms with Crippen LogP contribution in [-0.2, 0) is 0 Å². The number of anilines is 1. The first-order valence-corrected chi connectivity index (χ1v) is 9.70. The Kier molecular flexibility index (Phi) is 5.58. The first-order chi connectivity index (χ1) is 12.4. The van der Waals surface area contributed by atoms with E-state index in [2.05, 4.69) is 82.9 Å². The summed E-state index contributed by atoms with van der Waals surface area (Å²) < 4.78 is 4.28. The molecule has 0 amide bonds. The van der Waals surface area contributed by atoms with Crippen LogP contribution >= 0.6 is 31.9 Å². The van der Waals surface area contributed by atoms with E-state index in [1.54, 1.807) is 6.21 Å². The van der Waals surface area contributed by atoms with Crippen LogP contribution in [0.25, 0.3) is 5.69 Å². The zero-order chi connectivity index (χ0) is 18.8. The number of benzene rings is 1. The van der Waals surface area contributed by atoms with E-state index < -0.39 is 0 Å². The van der Waals surface area contributed by atoms with E-state index in [1.807, 2.05) is 32.0 Å². The van der Waals surface area contributed by atoms with Gasteiger partial charge in [0.25, 0.3) is 0 Å². The van der Waals surface area contributed by atoms with Crippen molar-refractivity contribution in [3.63, 3.8) is 0 Å². The molecule has 0 atom stereocenters. The van der Waals surface area contributed by atoms with Crippen LogP contribution in [0.5, 0.6) is 0 Å². The van der Waals surface area contributed by atoms with Gasteiger partial charge in [0.15, 0.2) is 0 Å². The third kappa shape index (κ3) is 3.88. The van der Waals surface area contributed by atoms with Crippen molar-refractivity contribution in [1.82, 2.24) is 14.5 Å². The quantitative estimate of drug-likeness (QED) is 0.401. The lowest BCUT2D eigenvalue weighted by molar-refractivity contribution is 0.962. The number of hydrazone groups is 1. The maximum Gasteiger partial charge on any atom is 0.243 e. The second-order valence-electron chi connectivity index (χ2n) is 6.05. The van der Waals surface area contributed by atoms with Crippen LogP contribution < -0.4 is 5.43 Å². The highest BCUT2D eigenvalue weighted by molar-refractivity contribution is 9.10. The second-order valence-corrected chi connectivity index (χ2v) is 7.76. The van der Waals surface area contributed by atoms with Crippen LogP contribution in [0.2, 0.25) is 0 Å². The van der Waals surface area contributed by atoms with Gasteiger partial charge in [-0.05, 0) is 74.0 Å². The first kappa shape index (κ1) is 18.8. The smallest absolute Gasteiger partial charge is 0.243 e. The van der Waals surface area contributed by atoms with Crippen LogP contribution in [0.3, 0.4) is 0 Å². The standard InChI is InChI=1S/C19H19Br2N5/c1-11-9-12(2)24-19(23-11)25-22-10-17-13(3)26(14(4)18(17)21)16-7-5-15(20)6-8-16/h5-10H,1-4H3,(H,23,24,25)/b22-10+. The SMILES string of the molecule is Cc1cc(C)nc(N/N=C/c2c(Br)c(C)n(-c3ccc(Br)cc3)c2C)n1. The number of nitrogens with zero attached hydrogens (tertiary/aromatic N) is 4. The number of nitrogens with one attached hydrogen (secondary N) is 1. The van der Waals surface area contributed by atoms with Crippen LogP contribution in [0.15, 0.2) is 44.4 Å². The molecule has 0 fully saturated rings. The third-order valence-electron chi connectivity index (χ3n) is 4.04. The monoisotopic (exact) mass is 475 g/mol. The lowest BCUT2D eigenvalue weighted by atomic mass is 10.2. The van der Waals surface area contributed by atoms with Gasteiger partial charge in [0.05, 0.1) is 6.21 Å². The van der Waals surface area contributed by atoms with E-state index in [0.29, 0.717) is 5.95 Å². The summed E-state index contributed by atoms with van der Waals surface area (Å²) in [7, 11) is 0. The molecular weight excluding hydrogens is 458 g/mol. The summed E-state index contributed by atoms with van der Waals surface area (Å²) in [5, 5.41) is 4.33. The number of aromatic nitrogens is 3. The Hall–Kier alpha value is -1.99. The van der Waals surface area contributed by atoms with Crippen LogP contribution in [0.1, 0.15) is 28.3 Å². The molecule has 1 N–H and O–H groups in total. The summed E-state index contributed by atoms with van der Waals surface area (Å²) in [6.45, 7) is 8.03. The lowest BCUT2D eigenvalue weighted by Gasteiger charge is -2.09. The minimum absolute atomic E-state index is 0.497. The summed E-state index contributed by atoms with van der Waals surface area (Å²) in [5.74, 6) is 0.497. The third-order valence-corrected chi connectivity index (χ3v) is 5.57. The van der Waals surface area contributed by atoms with Gasteiger partial charge in [0.1, 0.15) is 0 Å². The minimum atomic E-state index is 0.497. The van der Waals surface area contributed by atoms with Gasteiger partial charge >= 0.3 is 0 Å². The molecule has 0 saturated heterocycles. The zero-order valence-corrected chi connectivity index (χ0v) is 18.2. The summed E-state index contributed by atoms with van der Waals surface area (Å²) in [6, 6.07) is 10.2. The molecule has 0 aliphatic carbocycles. The number of hydrogen-bond donors (Lipinski definition) is 1. The molecule has 134 valence electrons. The number of rotatable bonds is 4. The van der Waals surface area contributed by atoms with E-state index in [4.69, 9.17) is 0 Å². The molecule has 0 unspecified atom stereocenters. The van der Waals surface area contributed by atoms with Crippen LogP contribution in [0, 0.1) is 27.7 Å². The summed E-state index contributed by atoms with van der Waals surface area (Å²) in [4.78, 5) is 8.66. The number of hydrogen-bond acceptors (Lipinski definition) is 4. The van der Waals surface area contributed by atoms with Gasteiger partial charge in [-0.1, -0.05) is 15.9 Å². The Bertz CT molecular complexity index is 954. The van der Waals surface area contributed by atoms with E-state index in [-0.39, 0.29) is 0 Å². The summed E-state index contributed by atoms with van der Waals surface area (Å²) in [5.41, 5.74) is 9.07. The molecule has 2 heterocycles. The number of halogens is 2. The van der Waals surface area contributed by atoms with Gasteiger partial charge in [0.2, 0.25) is 5.95 Å². The Morgan fingerprint density at radius 3 is 2.19 bits per heavy atom. The Labute approximate surface area is 169 Å².